The summed E-state index contributed by atoms with van der Waals surface area (Å²) in [7, 11) is 0. The van der Waals surface area contributed by atoms with E-state index in [9.17, 15) is 9.59 Å². The van der Waals surface area contributed by atoms with Crippen molar-refractivity contribution in [3.63, 3.8) is 0 Å². The van der Waals surface area contributed by atoms with E-state index in [0.29, 0.717) is 11.4 Å². The van der Waals surface area contributed by atoms with Crippen molar-refractivity contribution in [3.8, 4) is 0 Å². The van der Waals surface area contributed by atoms with Gasteiger partial charge in [0.25, 0.3) is 5.91 Å². The van der Waals surface area contributed by atoms with Gasteiger partial charge in [0.15, 0.2) is 0 Å². The second-order valence-corrected chi connectivity index (χ2v) is 7.56. The third-order valence-electron chi connectivity index (χ3n) is 4.42. The van der Waals surface area contributed by atoms with E-state index in [0.717, 1.165) is 21.8 Å². The molecule has 1 aliphatic rings. The molecule has 3 aromatic rings. The highest BCUT2D eigenvalue weighted by Crippen LogP contribution is 2.41. The lowest BCUT2D eigenvalue weighted by Gasteiger charge is -2.29. The monoisotopic (exact) mass is 401 g/mol. The number of nitrogens with one attached hydrogen (secondary N) is 1. The Morgan fingerprint density at radius 1 is 1.00 bits per heavy atom. The predicted octanol–water partition coefficient (Wildman–Crippen LogP) is 3.88. The molecule has 0 spiro atoms. The molecule has 0 saturated heterocycles. The molecule has 144 valence electrons. The number of hydrogen-bond acceptors (Lipinski definition) is 4. The third kappa shape index (κ3) is 4.55. The highest BCUT2D eigenvalue weighted by atomic mass is 32.2. The topological polar surface area (TPSA) is 62.3 Å². The molecule has 2 aromatic carbocycles. The van der Waals surface area contributed by atoms with Gasteiger partial charge in [0.1, 0.15) is 6.54 Å². The second-order valence-electron chi connectivity index (χ2n) is 6.48. The minimum atomic E-state index is -0.232. The summed E-state index contributed by atoms with van der Waals surface area (Å²) in [6.45, 7) is 0.278. The van der Waals surface area contributed by atoms with Crippen molar-refractivity contribution in [1.82, 2.24) is 10.3 Å². The quantitative estimate of drug-likeness (QED) is 0.659. The number of rotatable bonds is 5. The Bertz CT molecular complexity index is 1050. The van der Waals surface area contributed by atoms with Gasteiger partial charge in [0.05, 0.1) is 22.8 Å². The molecule has 29 heavy (non-hydrogen) atoms. The van der Waals surface area contributed by atoms with E-state index in [-0.39, 0.29) is 18.4 Å². The van der Waals surface area contributed by atoms with Crippen LogP contribution in [0.3, 0.4) is 0 Å². The predicted molar refractivity (Wildman–Crippen MR) is 115 cm³/mol. The molecule has 1 N–H and O–H groups in total. The first-order valence-corrected chi connectivity index (χ1v) is 10.0. The van der Waals surface area contributed by atoms with Crippen LogP contribution < -0.4 is 10.2 Å². The Balaban J connectivity index is 1.55. The number of aromatic nitrogens is 1. The van der Waals surface area contributed by atoms with Gasteiger partial charge in [-0.1, -0.05) is 60.3 Å². The highest BCUT2D eigenvalue weighted by Gasteiger charge is 2.30. The lowest BCUT2D eigenvalue weighted by atomic mass is 10.2. The normalized spacial score (nSPS) is 14.6. The van der Waals surface area contributed by atoms with Gasteiger partial charge >= 0.3 is 0 Å². The van der Waals surface area contributed by atoms with Crippen molar-refractivity contribution in [3.05, 3.63) is 95.2 Å². The molecule has 2 amide bonds. The van der Waals surface area contributed by atoms with E-state index in [4.69, 9.17) is 0 Å². The summed E-state index contributed by atoms with van der Waals surface area (Å²) in [5.74, 6) is -0.407. The first kappa shape index (κ1) is 19.0. The van der Waals surface area contributed by atoms with Crippen LogP contribution in [-0.4, -0.2) is 23.3 Å². The summed E-state index contributed by atoms with van der Waals surface area (Å²) < 4.78 is 0. The SMILES string of the molecule is O=C(CN1C(=O)C(=Cc2ccccc2)Sc2ccccc21)NCc1ccccn1. The Morgan fingerprint density at radius 3 is 2.55 bits per heavy atom. The lowest BCUT2D eigenvalue weighted by molar-refractivity contribution is -0.122. The molecular formula is C23H19N3O2S. The van der Waals surface area contributed by atoms with Crippen LogP contribution in [0.4, 0.5) is 5.69 Å². The van der Waals surface area contributed by atoms with Crippen LogP contribution in [0.5, 0.6) is 0 Å². The summed E-state index contributed by atoms with van der Waals surface area (Å²) in [5.41, 5.74) is 2.47. The van der Waals surface area contributed by atoms with E-state index >= 15 is 0 Å². The average molecular weight is 401 g/mol. The van der Waals surface area contributed by atoms with E-state index in [1.165, 1.54) is 16.7 Å². The van der Waals surface area contributed by atoms with Crippen LogP contribution in [-0.2, 0) is 16.1 Å². The van der Waals surface area contributed by atoms with Gasteiger partial charge in [-0.25, -0.2) is 0 Å². The number of carbonyl (C=O) groups excluding carboxylic acids is 2. The fourth-order valence-electron chi connectivity index (χ4n) is 3.01. The van der Waals surface area contributed by atoms with Gasteiger partial charge in [-0.05, 0) is 35.9 Å². The molecule has 0 bridgehead atoms. The molecule has 0 fully saturated rings. The van der Waals surface area contributed by atoms with Crippen LogP contribution in [0.15, 0.2) is 88.8 Å². The number of carbonyl (C=O) groups is 2. The Hall–Kier alpha value is -3.38. The van der Waals surface area contributed by atoms with Gasteiger partial charge in [0, 0.05) is 11.1 Å². The molecule has 1 aromatic heterocycles. The maximum atomic E-state index is 13.1. The zero-order chi connectivity index (χ0) is 20.1. The number of pyridine rings is 1. The fourth-order valence-corrected chi connectivity index (χ4v) is 4.07. The van der Waals surface area contributed by atoms with Crippen LogP contribution in [0.25, 0.3) is 6.08 Å². The Kier molecular flexibility index (Phi) is 5.72. The van der Waals surface area contributed by atoms with Crippen molar-refractivity contribution in [2.75, 3.05) is 11.4 Å². The highest BCUT2D eigenvalue weighted by molar-refractivity contribution is 8.04. The zero-order valence-corrected chi connectivity index (χ0v) is 16.4. The maximum absolute atomic E-state index is 13.1. The molecule has 0 aliphatic carbocycles. The number of anilines is 1. The first-order valence-electron chi connectivity index (χ1n) is 9.23. The minimum Gasteiger partial charge on any atom is -0.349 e. The lowest BCUT2D eigenvalue weighted by Crippen LogP contribution is -2.42. The number of benzene rings is 2. The Labute approximate surface area is 173 Å². The van der Waals surface area contributed by atoms with E-state index in [1.54, 1.807) is 6.20 Å². The van der Waals surface area contributed by atoms with Crippen LogP contribution in [0, 0.1) is 0 Å². The summed E-state index contributed by atoms with van der Waals surface area (Å²) in [4.78, 5) is 33.0. The van der Waals surface area contributed by atoms with Gasteiger partial charge < -0.3 is 5.32 Å². The van der Waals surface area contributed by atoms with Gasteiger partial charge in [-0.15, -0.1) is 0 Å². The molecule has 1 aliphatic heterocycles. The number of nitrogens with zero attached hydrogens (tertiary/aromatic N) is 2. The van der Waals surface area contributed by atoms with Crippen molar-refractivity contribution in [1.29, 1.82) is 0 Å². The number of amides is 2. The molecule has 0 unspecified atom stereocenters. The van der Waals surface area contributed by atoms with Crippen LogP contribution >= 0.6 is 11.8 Å². The number of fused-ring (bicyclic) bond motifs is 1. The summed E-state index contributed by atoms with van der Waals surface area (Å²) >= 11 is 1.43. The molecule has 4 rings (SSSR count). The smallest absolute Gasteiger partial charge is 0.265 e. The molecule has 0 atom stereocenters. The van der Waals surface area contributed by atoms with E-state index < -0.39 is 0 Å². The number of thioether (sulfide) groups is 1. The van der Waals surface area contributed by atoms with Crippen molar-refractivity contribution < 1.29 is 9.59 Å². The van der Waals surface area contributed by atoms with Gasteiger partial charge in [-0.2, -0.15) is 0 Å². The maximum Gasteiger partial charge on any atom is 0.265 e. The standard InChI is InChI=1S/C23H19N3O2S/c27-22(25-15-18-10-6-7-13-24-18)16-26-19-11-4-5-12-20(19)29-21(23(26)28)14-17-8-2-1-3-9-17/h1-14H,15-16H2,(H,25,27). The van der Waals surface area contributed by atoms with Crippen molar-refractivity contribution >= 4 is 35.3 Å². The molecule has 0 saturated carbocycles. The van der Waals surface area contributed by atoms with Crippen molar-refractivity contribution in [2.24, 2.45) is 0 Å². The number of para-hydroxylation sites is 1. The summed E-state index contributed by atoms with van der Waals surface area (Å²) in [5, 5.41) is 2.84. The third-order valence-corrected chi connectivity index (χ3v) is 5.50. The minimum absolute atomic E-state index is 0.0463. The molecule has 2 heterocycles. The molecular weight excluding hydrogens is 382 g/mol. The van der Waals surface area contributed by atoms with Gasteiger partial charge in [0.2, 0.25) is 5.91 Å². The zero-order valence-electron chi connectivity index (χ0n) is 15.6. The molecule has 6 heteroatoms. The Morgan fingerprint density at radius 2 is 1.76 bits per heavy atom. The van der Waals surface area contributed by atoms with Gasteiger partial charge in [-0.3, -0.25) is 19.5 Å². The van der Waals surface area contributed by atoms with E-state index in [2.05, 4.69) is 10.3 Å². The van der Waals surface area contributed by atoms with Crippen LogP contribution in [0.2, 0.25) is 0 Å². The number of hydrogen-bond donors (Lipinski definition) is 1. The fraction of sp³-hybridized carbons (Fsp3) is 0.0870. The summed E-state index contributed by atoms with van der Waals surface area (Å²) in [6, 6.07) is 22.9. The molecule has 0 radical (unpaired) electrons. The van der Waals surface area contributed by atoms with Crippen molar-refractivity contribution in [2.45, 2.75) is 11.4 Å². The molecule has 5 nitrogen and oxygen atoms in total. The largest absolute Gasteiger partial charge is 0.349 e. The summed E-state index contributed by atoms with van der Waals surface area (Å²) in [6.07, 6.45) is 3.55. The average Bonchev–Trinajstić information content (AvgIpc) is 2.76. The first-order chi connectivity index (χ1) is 14.2. The second kappa shape index (κ2) is 8.75. The van der Waals surface area contributed by atoms with Crippen LogP contribution in [0.1, 0.15) is 11.3 Å². The van der Waals surface area contributed by atoms with E-state index in [1.807, 2.05) is 78.9 Å².